The molecule has 1 N–H and O–H groups in total. The van der Waals surface area contributed by atoms with Crippen molar-refractivity contribution in [3.05, 3.63) is 101 Å². The first kappa shape index (κ1) is 24.0. The van der Waals surface area contributed by atoms with E-state index in [9.17, 15) is 14.0 Å². The number of amides is 2. The summed E-state index contributed by atoms with van der Waals surface area (Å²) in [6.45, 7) is 6.69. The van der Waals surface area contributed by atoms with Crippen LogP contribution in [0.3, 0.4) is 0 Å². The van der Waals surface area contributed by atoms with Crippen molar-refractivity contribution in [2.45, 2.75) is 44.1 Å². The molecule has 1 aromatic heterocycles. The largest absolute Gasteiger partial charge is 0.350 e. The van der Waals surface area contributed by atoms with Crippen molar-refractivity contribution in [2.75, 3.05) is 5.75 Å². The summed E-state index contributed by atoms with van der Waals surface area (Å²) in [6, 6.07) is 16.7. The van der Waals surface area contributed by atoms with E-state index in [0.717, 1.165) is 11.1 Å². The number of pyridine rings is 1. The maximum Gasteiger partial charge on any atom is 0.255 e. The maximum absolute atomic E-state index is 14.0. The van der Waals surface area contributed by atoms with E-state index in [0.29, 0.717) is 23.4 Å². The third-order valence-electron chi connectivity index (χ3n) is 5.89. The van der Waals surface area contributed by atoms with E-state index in [1.165, 1.54) is 23.9 Å². The number of benzene rings is 2. The number of hydrogen-bond donors (Lipinski definition) is 1. The van der Waals surface area contributed by atoms with E-state index in [1.807, 2.05) is 24.3 Å². The highest BCUT2D eigenvalue weighted by atomic mass is 32.2. The molecule has 0 spiro atoms. The van der Waals surface area contributed by atoms with Crippen molar-refractivity contribution in [1.29, 1.82) is 0 Å². The van der Waals surface area contributed by atoms with E-state index in [-0.39, 0.29) is 23.0 Å². The third kappa shape index (κ3) is 5.30. The molecule has 2 heterocycles. The van der Waals surface area contributed by atoms with Gasteiger partial charge < -0.3 is 10.2 Å². The van der Waals surface area contributed by atoms with Crippen molar-refractivity contribution in [2.24, 2.45) is 0 Å². The Labute approximate surface area is 203 Å². The molecule has 1 fully saturated rings. The third-order valence-corrected chi connectivity index (χ3v) is 7.21. The fourth-order valence-corrected chi connectivity index (χ4v) is 5.36. The number of hydrogen-bond acceptors (Lipinski definition) is 4. The number of nitrogens with zero attached hydrogens (tertiary/aromatic N) is 2. The van der Waals surface area contributed by atoms with Crippen LogP contribution < -0.4 is 5.32 Å². The zero-order valence-electron chi connectivity index (χ0n) is 19.5. The van der Waals surface area contributed by atoms with E-state index in [2.05, 4.69) is 31.1 Å². The number of halogens is 1. The average Bonchev–Trinajstić information content (AvgIpc) is 3.27. The standard InChI is InChI=1S/C27H28FN3O2S/c1-27(2,3)21-9-7-19(8-10-21)25(33)31-23(24(32)30-16-18-11-13-29-14-12-18)17-34-26(31)20-5-4-6-22(28)15-20/h4-15,23,26H,16-17H2,1-3H3,(H,30,32). The zero-order valence-corrected chi connectivity index (χ0v) is 20.3. The molecule has 0 aliphatic carbocycles. The first-order chi connectivity index (χ1) is 16.2. The Morgan fingerprint density at radius 3 is 2.44 bits per heavy atom. The molecule has 2 unspecified atom stereocenters. The maximum atomic E-state index is 14.0. The van der Waals surface area contributed by atoms with E-state index in [1.54, 1.807) is 41.6 Å². The lowest BCUT2D eigenvalue weighted by Gasteiger charge is -2.29. The van der Waals surface area contributed by atoms with Gasteiger partial charge in [0.2, 0.25) is 5.91 Å². The van der Waals surface area contributed by atoms with Crippen LogP contribution in [0.4, 0.5) is 4.39 Å². The van der Waals surface area contributed by atoms with Gasteiger partial charge in [-0.05, 0) is 58.5 Å². The predicted molar refractivity (Wildman–Crippen MR) is 133 cm³/mol. The smallest absolute Gasteiger partial charge is 0.255 e. The molecule has 0 bridgehead atoms. The predicted octanol–water partition coefficient (Wildman–Crippen LogP) is 5.09. The zero-order chi connectivity index (χ0) is 24.3. The highest BCUT2D eigenvalue weighted by Gasteiger charge is 2.42. The lowest BCUT2D eigenvalue weighted by Crippen LogP contribution is -2.47. The van der Waals surface area contributed by atoms with Crippen molar-refractivity contribution in [3.63, 3.8) is 0 Å². The summed E-state index contributed by atoms with van der Waals surface area (Å²) in [5.74, 6) is -0.424. The Bertz CT molecular complexity index is 1160. The van der Waals surface area contributed by atoms with Crippen LogP contribution in [0.5, 0.6) is 0 Å². The summed E-state index contributed by atoms with van der Waals surface area (Å²) in [7, 11) is 0. The van der Waals surface area contributed by atoms with Crippen LogP contribution in [0.25, 0.3) is 0 Å². The Balaban J connectivity index is 1.61. The molecule has 34 heavy (non-hydrogen) atoms. The minimum absolute atomic E-state index is 0.0371. The molecule has 4 rings (SSSR count). The molecule has 3 aromatic rings. The molecule has 0 saturated carbocycles. The molecular formula is C27H28FN3O2S. The van der Waals surface area contributed by atoms with Gasteiger partial charge in [0.1, 0.15) is 17.2 Å². The summed E-state index contributed by atoms with van der Waals surface area (Å²) in [5, 5.41) is 2.49. The fourth-order valence-electron chi connectivity index (χ4n) is 3.94. The molecule has 5 nitrogen and oxygen atoms in total. The first-order valence-electron chi connectivity index (χ1n) is 11.2. The highest BCUT2D eigenvalue weighted by Crippen LogP contribution is 2.42. The van der Waals surface area contributed by atoms with E-state index >= 15 is 0 Å². The van der Waals surface area contributed by atoms with Gasteiger partial charge in [0.25, 0.3) is 5.91 Å². The number of nitrogens with one attached hydrogen (secondary N) is 1. The van der Waals surface area contributed by atoms with Gasteiger partial charge in [-0.2, -0.15) is 0 Å². The summed E-state index contributed by atoms with van der Waals surface area (Å²) in [4.78, 5) is 32.5. The summed E-state index contributed by atoms with van der Waals surface area (Å²) in [6.07, 6.45) is 3.34. The monoisotopic (exact) mass is 477 g/mol. The first-order valence-corrected chi connectivity index (χ1v) is 12.3. The molecule has 1 aliphatic rings. The van der Waals surface area contributed by atoms with Crippen LogP contribution in [0.1, 0.15) is 53.2 Å². The Hall–Kier alpha value is -3.19. The van der Waals surface area contributed by atoms with Crippen molar-refractivity contribution in [3.8, 4) is 0 Å². The van der Waals surface area contributed by atoms with Crippen LogP contribution >= 0.6 is 11.8 Å². The highest BCUT2D eigenvalue weighted by molar-refractivity contribution is 7.99. The summed E-state index contributed by atoms with van der Waals surface area (Å²) < 4.78 is 14.0. The molecule has 2 atom stereocenters. The number of carbonyl (C=O) groups is 2. The van der Waals surface area contributed by atoms with Gasteiger partial charge in [-0.1, -0.05) is 45.0 Å². The molecular weight excluding hydrogens is 449 g/mol. The van der Waals surface area contributed by atoms with Gasteiger partial charge in [0.15, 0.2) is 0 Å². The van der Waals surface area contributed by atoms with Crippen molar-refractivity contribution in [1.82, 2.24) is 15.2 Å². The van der Waals surface area contributed by atoms with Gasteiger partial charge in [0.05, 0.1) is 0 Å². The number of thioether (sulfide) groups is 1. The topological polar surface area (TPSA) is 62.3 Å². The van der Waals surface area contributed by atoms with E-state index in [4.69, 9.17) is 0 Å². The fraction of sp³-hybridized carbons (Fsp3) is 0.296. The van der Waals surface area contributed by atoms with Crippen LogP contribution in [-0.4, -0.2) is 33.5 Å². The van der Waals surface area contributed by atoms with Crippen LogP contribution in [-0.2, 0) is 16.8 Å². The second-order valence-electron chi connectivity index (χ2n) is 9.37. The second-order valence-corrected chi connectivity index (χ2v) is 10.5. The lowest BCUT2D eigenvalue weighted by atomic mass is 9.86. The molecule has 1 aliphatic heterocycles. The number of rotatable bonds is 5. The average molecular weight is 478 g/mol. The number of aromatic nitrogens is 1. The Morgan fingerprint density at radius 2 is 1.79 bits per heavy atom. The van der Waals surface area contributed by atoms with Crippen molar-refractivity contribution < 1.29 is 14.0 Å². The van der Waals surface area contributed by atoms with Gasteiger partial charge in [0, 0.05) is 30.3 Å². The van der Waals surface area contributed by atoms with Crippen LogP contribution in [0.2, 0.25) is 0 Å². The number of carbonyl (C=O) groups excluding carboxylic acids is 2. The summed E-state index contributed by atoms with van der Waals surface area (Å²) in [5.41, 5.74) is 3.17. The minimum atomic E-state index is -0.671. The van der Waals surface area contributed by atoms with Crippen LogP contribution in [0, 0.1) is 5.82 Å². The Morgan fingerprint density at radius 1 is 1.09 bits per heavy atom. The van der Waals surface area contributed by atoms with Gasteiger partial charge >= 0.3 is 0 Å². The molecule has 1 saturated heterocycles. The van der Waals surface area contributed by atoms with Crippen LogP contribution in [0.15, 0.2) is 73.1 Å². The van der Waals surface area contributed by atoms with E-state index < -0.39 is 11.4 Å². The second kappa shape index (κ2) is 9.97. The molecule has 7 heteroatoms. The SMILES string of the molecule is CC(C)(C)c1ccc(C(=O)N2C(C(=O)NCc3ccncc3)CSC2c2cccc(F)c2)cc1. The quantitative estimate of drug-likeness (QED) is 0.556. The molecule has 2 amide bonds. The normalized spacial score (nSPS) is 18.1. The van der Waals surface area contributed by atoms with Gasteiger partial charge in [-0.3, -0.25) is 14.6 Å². The van der Waals surface area contributed by atoms with Gasteiger partial charge in [-0.25, -0.2) is 4.39 Å². The van der Waals surface area contributed by atoms with Gasteiger partial charge in [-0.15, -0.1) is 11.8 Å². The molecule has 176 valence electrons. The molecule has 2 aromatic carbocycles. The van der Waals surface area contributed by atoms with Crippen molar-refractivity contribution >= 4 is 23.6 Å². The lowest BCUT2D eigenvalue weighted by molar-refractivity contribution is -0.125. The molecule has 0 radical (unpaired) electrons. The summed E-state index contributed by atoms with van der Waals surface area (Å²) >= 11 is 1.47. The Kier molecular flexibility index (Phi) is 7.03. The minimum Gasteiger partial charge on any atom is -0.350 e.